The average molecular weight is 371 g/mol. The summed E-state index contributed by atoms with van der Waals surface area (Å²) in [6, 6.07) is 8.63. The summed E-state index contributed by atoms with van der Waals surface area (Å²) in [5.74, 6) is 0. The number of halogens is 2. The van der Waals surface area contributed by atoms with Crippen molar-refractivity contribution in [3.8, 4) is 0 Å². The van der Waals surface area contributed by atoms with Crippen LogP contribution in [0.25, 0.3) is 0 Å². The number of benzene rings is 1. The Labute approximate surface area is 139 Å². The van der Waals surface area contributed by atoms with Crippen LogP contribution in [0.4, 0.5) is 0 Å². The van der Waals surface area contributed by atoms with Crippen LogP contribution >= 0.6 is 27.5 Å². The van der Waals surface area contributed by atoms with Crippen LogP contribution in [-0.2, 0) is 19.5 Å². The van der Waals surface area contributed by atoms with E-state index >= 15 is 0 Å². The molecule has 0 bridgehead atoms. The van der Waals surface area contributed by atoms with Crippen molar-refractivity contribution < 1.29 is 0 Å². The minimum Gasteiger partial charge on any atom is -0.305 e. The lowest BCUT2D eigenvalue weighted by molar-refractivity contribution is 0.530. The van der Waals surface area contributed by atoms with E-state index in [0.29, 0.717) is 0 Å². The molecule has 5 heteroatoms. The Morgan fingerprint density at radius 1 is 1.29 bits per heavy atom. The highest BCUT2D eigenvalue weighted by Gasteiger charge is 2.15. The fourth-order valence-electron chi connectivity index (χ4n) is 2.31. The van der Waals surface area contributed by atoms with Crippen LogP contribution in [-0.4, -0.2) is 9.78 Å². The first-order valence-corrected chi connectivity index (χ1v) is 8.46. The highest BCUT2D eigenvalue weighted by atomic mass is 79.9. The number of rotatable bonds is 6. The predicted octanol–water partition coefficient (Wildman–Crippen LogP) is 4.73. The molecule has 2 rings (SSSR count). The van der Waals surface area contributed by atoms with Gasteiger partial charge in [0.2, 0.25) is 0 Å². The molecular weight excluding hydrogens is 350 g/mol. The van der Waals surface area contributed by atoms with Crippen LogP contribution in [0.2, 0.25) is 5.02 Å². The molecule has 0 saturated heterocycles. The van der Waals surface area contributed by atoms with Crippen molar-refractivity contribution in [2.45, 2.75) is 46.3 Å². The third-order valence-corrected chi connectivity index (χ3v) is 4.60. The van der Waals surface area contributed by atoms with E-state index in [-0.39, 0.29) is 6.04 Å². The molecule has 0 radical (unpaired) electrons. The molecule has 0 aliphatic carbocycles. The Morgan fingerprint density at radius 2 is 1.95 bits per heavy atom. The summed E-state index contributed by atoms with van der Waals surface area (Å²) in [4.78, 5) is 0. The number of nitrogens with zero attached hydrogens (tertiary/aromatic N) is 2. The standard InChI is InChI=1S/C16H21BrClN3/c1-4-14-16(18)15(21(5-2)20-14)10-19-11(3)12-6-8-13(17)9-7-12/h6-9,11,19H,4-5,10H2,1-3H3. The van der Waals surface area contributed by atoms with Gasteiger partial charge in [0, 0.05) is 23.6 Å². The van der Waals surface area contributed by atoms with Gasteiger partial charge in [0.05, 0.1) is 16.4 Å². The minimum atomic E-state index is 0.263. The van der Waals surface area contributed by atoms with E-state index in [4.69, 9.17) is 11.6 Å². The van der Waals surface area contributed by atoms with Gasteiger partial charge in [0.15, 0.2) is 0 Å². The van der Waals surface area contributed by atoms with Gasteiger partial charge in [-0.2, -0.15) is 5.10 Å². The summed E-state index contributed by atoms with van der Waals surface area (Å²) < 4.78 is 3.08. The van der Waals surface area contributed by atoms with Gasteiger partial charge in [0.25, 0.3) is 0 Å². The van der Waals surface area contributed by atoms with Crippen molar-refractivity contribution in [1.82, 2.24) is 15.1 Å². The first kappa shape index (κ1) is 16.5. The number of aryl methyl sites for hydroxylation is 2. The number of hydrogen-bond donors (Lipinski definition) is 1. The van der Waals surface area contributed by atoms with E-state index in [9.17, 15) is 0 Å². The number of nitrogens with one attached hydrogen (secondary N) is 1. The molecule has 3 nitrogen and oxygen atoms in total. The summed E-state index contributed by atoms with van der Waals surface area (Å²) in [6.45, 7) is 7.88. The Hall–Kier alpha value is -0.840. The maximum Gasteiger partial charge on any atom is 0.0863 e. The van der Waals surface area contributed by atoms with Gasteiger partial charge in [-0.15, -0.1) is 0 Å². The van der Waals surface area contributed by atoms with Crippen molar-refractivity contribution in [2.75, 3.05) is 0 Å². The topological polar surface area (TPSA) is 29.9 Å². The first-order chi connectivity index (χ1) is 10.1. The van der Waals surface area contributed by atoms with Gasteiger partial charge < -0.3 is 5.32 Å². The van der Waals surface area contributed by atoms with Crippen LogP contribution < -0.4 is 5.32 Å². The number of aromatic nitrogens is 2. The second kappa shape index (κ2) is 7.43. The predicted molar refractivity (Wildman–Crippen MR) is 91.7 cm³/mol. The lowest BCUT2D eigenvalue weighted by Crippen LogP contribution is -2.20. The molecule has 21 heavy (non-hydrogen) atoms. The zero-order valence-corrected chi connectivity index (χ0v) is 15.0. The molecule has 0 fully saturated rings. The van der Waals surface area contributed by atoms with Gasteiger partial charge in [0.1, 0.15) is 0 Å². The average Bonchev–Trinajstić information content (AvgIpc) is 2.81. The monoisotopic (exact) mass is 369 g/mol. The largest absolute Gasteiger partial charge is 0.305 e. The summed E-state index contributed by atoms with van der Waals surface area (Å²) in [6.07, 6.45) is 0.862. The molecule has 1 atom stereocenters. The molecule has 0 aliphatic rings. The summed E-state index contributed by atoms with van der Waals surface area (Å²) in [5.41, 5.74) is 3.30. The van der Waals surface area contributed by atoms with E-state index in [1.54, 1.807) is 0 Å². The maximum atomic E-state index is 6.43. The van der Waals surface area contributed by atoms with Crippen molar-refractivity contribution >= 4 is 27.5 Å². The van der Waals surface area contributed by atoms with Crippen molar-refractivity contribution in [2.24, 2.45) is 0 Å². The van der Waals surface area contributed by atoms with Crippen molar-refractivity contribution in [3.05, 3.63) is 50.7 Å². The van der Waals surface area contributed by atoms with E-state index in [1.807, 2.05) is 4.68 Å². The fourth-order valence-corrected chi connectivity index (χ4v) is 2.91. The lowest BCUT2D eigenvalue weighted by atomic mass is 10.1. The second-order valence-electron chi connectivity index (χ2n) is 5.03. The lowest BCUT2D eigenvalue weighted by Gasteiger charge is -2.15. The smallest absolute Gasteiger partial charge is 0.0863 e. The maximum absolute atomic E-state index is 6.43. The third kappa shape index (κ3) is 3.87. The second-order valence-corrected chi connectivity index (χ2v) is 6.32. The minimum absolute atomic E-state index is 0.263. The molecule has 0 saturated carbocycles. The molecule has 0 spiro atoms. The van der Waals surface area contributed by atoms with Crippen LogP contribution in [0.3, 0.4) is 0 Å². The Balaban J connectivity index is 2.09. The van der Waals surface area contributed by atoms with Crippen LogP contribution in [0, 0.1) is 0 Å². The van der Waals surface area contributed by atoms with Gasteiger partial charge in [-0.3, -0.25) is 4.68 Å². The molecule has 1 aromatic heterocycles. The summed E-state index contributed by atoms with van der Waals surface area (Å²) >= 11 is 9.89. The number of hydrogen-bond acceptors (Lipinski definition) is 2. The highest BCUT2D eigenvalue weighted by Crippen LogP contribution is 2.23. The van der Waals surface area contributed by atoms with Crippen LogP contribution in [0.5, 0.6) is 0 Å². The molecule has 114 valence electrons. The zero-order chi connectivity index (χ0) is 15.4. The van der Waals surface area contributed by atoms with Gasteiger partial charge >= 0.3 is 0 Å². The fraction of sp³-hybridized carbons (Fsp3) is 0.438. The summed E-state index contributed by atoms with van der Waals surface area (Å²) in [7, 11) is 0. The molecule has 1 aromatic carbocycles. The molecule has 0 amide bonds. The van der Waals surface area contributed by atoms with Crippen LogP contribution in [0.1, 0.15) is 43.8 Å². The first-order valence-electron chi connectivity index (χ1n) is 7.29. The van der Waals surface area contributed by atoms with Crippen LogP contribution in [0.15, 0.2) is 28.7 Å². The normalized spacial score (nSPS) is 12.6. The molecule has 0 aliphatic heterocycles. The molecular formula is C16H21BrClN3. The van der Waals surface area contributed by atoms with Crippen molar-refractivity contribution in [1.29, 1.82) is 0 Å². The van der Waals surface area contributed by atoms with Gasteiger partial charge in [-0.25, -0.2) is 0 Å². The Bertz CT molecular complexity index is 592. The van der Waals surface area contributed by atoms with E-state index in [1.165, 1.54) is 5.56 Å². The molecule has 1 N–H and O–H groups in total. The van der Waals surface area contributed by atoms with Gasteiger partial charge in [-0.05, 0) is 38.0 Å². The Kier molecular flexibility index (Phi) is 5.85. The third-order valence-electron chi connectivity index (χ3n) is 3.64. The Morgan fingerprint density at radius 3 is 2.52 bits per heavy atom. The zero-order valence-electron chi connectivity index (χ0n) is 12.7. The quantitative estimate of drug-likeness (QED) is 0.796. The van der Waals surface area contributed by atoms with E-state index in [2.05, 4.69) is 71.4 Å². The van der Waals surface area contributed by atoms with E-state index in [0.717, 1.165) is 40.4 Å². The molecule has 1 unspecified atom stereocenters. The van der Waals surface area contributed by atoms with Crippen molar-refractivity contribution in [3.63, 3.8) is 0 Å². The van der Waals surface area contributed by atoms with Gasteiger partial charge in [-0.1, -0.05) is 46.6 Å². The molecule has 2 aromatic rings. The SMILES string of the molecule is CCc1nn(CC)c(CNC(C)c2ccc(Br)cc2)c1Cl. The highest BCUT2D eigenvalue weighted by molar-refractivity contribution is 9.10. The summed E-state index contributed by atoms with van der Waals surface area (Å²) in [5, 5.41) is 8.88. The molecule has 1 heterocycles. The van der Waals surface area contributed by atoms with E-state index < -0.39 is 0 Å².